The van der Waals surface area contributed by atoms with Gasteiger partial charge >= 0.3 is 0 Å². The van der Waals surface area contributed by atoms with Gasteiger partial charge in [0.25, 0.3) is 0 Å². The molecule has 0 atom stereocenters. The lowest BCUT2D eigenvalue weighted by Crippen LogP contribution is -2.12. The van der Waals surface area contributed by atoms with Gasteiger partial charge in [-0.3, -0.25) is 0 Å². The average Bonchev–Trinajstić information content (AvgIpc) is 3.24. The lowest BCUT2D eigenvalue weighted by molar-refractivity contribution is 1.05. The second-order valence-electron chi connectivity index (χ2n) is 5.36. The first-order valence-corrected chi connectivity index (χ1v) is 8.05. The molecular weight excluding hydrogens is 268 g/mol. The summed E-state index contributed by atoms with van der Waals surface area (Å²) in [5, 5.41) is 0. The van der Waals surface area contributed by atoms with E-state index in [1.807, 2.05) is 11.8 Å². The average molecular weight is 284 g/mol. The molecule has 1 aromatic heterocycles. The summed E-state index contributed by atoms with van der Waals surface area (Å²) < 4.78 is 0. The Balaban J connectivity index is 1.80. The molecule has 1 aromatic carbocycles. The minimum atomic E-state index is 0.743. The van der Waals surface area contributed by atoms with Crippen LogP contribution in [0.3, 0.4) is 0 Å². The van der Waals surface area contributed by atoms with Crippen LogP contribution in [0, 0.1) is 0 Å². The van der Waals surface area contributed by atoms with Crippen LogP contribution in [0.5, 0.6) is 0 Å². The highest BCUT2D eigenvalue weighted by atomic mass is 32.2. The van der Waals surface area contributed by atoms with E-state index in [4.69, 9.17) is 10.8 Å². The summed E-state index contributed by atoms with van der Waals surface area (Å²) >= 11 is 1.86. The predicted molar refractivity (Wildman–Crippen MR) is 82.3 cm³/mol. The first kappa shape index (κ1) is 12.2. The zero-order valence-electron chi connectivity index (χ0n) is 11.1. The molecule has 5 heteroatoms. The van der Waals surface area contributed by atoms with E-state index in [9.17, 15) is 0 Å². The molecule has 0 bridgehead atoms. The Hall–Kier alpha value is -1.59. The van der Waals surface area contributed by atoms with E-state index in [2.05, 4.69) is 34.7 Å². The van der Waals surface area contributed by atoms with Crippen molar-refractivity contribution in [2.24, 2.45) is 5.84 Å². The van der Waals surface area contributed by atoms with Crippen LogP contribution in [0.4, 0.5) is 5.82 Å². The van der Waals surface area contributed by atoms with E-state index in [0.717, 1.165) is 45.9 Å². The zero-order chi connectivity index (χ0) is 13.5. The zero-order valence-corrected chi connectivity index (χ0v) is 11.9. The van der Waals surface area contributed by atoms with Crippen molar-refractivity contribution in [1.82, 2.24) is 9.97 Å². The number of rotatable bonds is 3. The quantitative estimate of drug-likeness (QED) is 0.670. The molecule has 0 spiro atoms. The number of benzene rings is 1. The predicted octanol–water partition coefficient (Wildman–Crippen LogP) is 3.05. The van der Waals surface area contributed by atoms with Gasteiger partial charge in [0.05, 0.1) is 5.69 Å². The fraction of sp³-hybridized carbons (Fsp3) is 0.333. The van der Waals surface area contributed by atoms with Crippen LogP contribution in [0.2, 0.25) is 0 Å². The van der Waals surface area contributed by atoms with Crippen LogP contribution >= 0.6 is 11.8 Å². The number of anilines is 1. The van der Waals surface area contributed by atoms with E-state index < -0.39 is 0 Å². The van der Waals surface area contributed by atoms with E-state index in [1.54, 1.807) is 0 Å². The second kappa shape index (κ2) is 4.75. The smallest absolute Gasteiger partial charge is 0.161 e. The number of nitrogens with two attached hydrogens (primary N) is 1. The Morgan fingerprint density at radius 1 is 1.20 bits per heavy atom. The highest BCUT2D eigenvalue weighted by Crippen LogP contribution is 2.41. The molecule has 0 unspecified atom stereocenters. The van der Waals surface area contributed by atoms with E-state index >= 15 is 0 Å². The van der Waals surface area contributed by atoms with Crippen LogP contribution in [0.25, 0.3) is 11.4 Å². The Kier molecular flexibility index (Phi) is 2.89. The molecule has 2 heterocycles. The number of hydrazine groups is 1. The maximum Gasteiger partial charge on any atom is 0.161 e. The fourth-order valence-electron chi connectivity index (χ4n) is 2.65. The van der Waals surface area contributed by atoms with Crippen LogP contribution in [-0.2, 0) is 11.5 Å². The number of fused-ring (bicyclic) bond motifs is 1. The molecule has 1 saturated carbocycles. The number of nitrogens with zero attached hydrogens (tertiary/aromatic N) is 2. The molecule has 3 N–H and O–H groups in total. The third kappa shape index (κ3) is 2.07. The number of thioether (sulfide) groups is 1. The summed E-state index contributed by atoms with van der Waals surface area (Å²) in [5.41, 5.74) is 7.48. The summed E-state index contributed by atoms with van der Waals surface area (Å²) in [7, 11) is 0. The minimum Gasteiger partial charge on any atom is -0.308 e. The van der Waals surface area contributed by atoms with E-state index in [-0.39, 0.29) is 0 Å². The maximum absolute atomic E-state index is 5.61. The first-order valence-electron chi connectivity index (χ1n) is 6.89. The van der Waals surface area contributed by atoms with Crippen LogP contribution in [0.1, 0.15) is 35.6 Å². The van der Waals surface area contributed by atoms with Gasteiger partial charge in [0.15, 0.2) is 5.82 Å². The van der Waals surface area contributed by atoms with Gasteiger partial charge in [0.1, 0.15) is 5.82 Å². The van der Waals surface area contributed by atoms with Gasteiger partial charge in [-0.25, -0.2) is 15.8 Å². The van der Waals surface area contributed by atoms with Crippen LogP contribution in [0.15, 0.2) is 24.3 Å². The fourth-order valence-corrected chi connectivity index (χ4v) is 3.69. The molecule has 102 valence electrons. The van der Waals surface area contributed by atoms with Crippen molar-refractivity contribution >= 4 is 17.6 Å². The normalized spacial score (nSPS) is 17.1. The third-order valence-electron chi connectivity index (χ3n) is 3.91. The Bertz CT molecular complexity index is 667. The Morgan fingerprint density at radius 3 is 2.90 bits per heavy atom. The number of aromatic nitrogens is 2. The van der Waals surface area contributed by atoms with E-state index in [1.165, 1.54) is 18.4 Å². The number of hydrogen-bond donors (Lipinski definition) is 2. The highest BCUT2D eigenvalue weighted by Gasteiger charge is 2.24. The molecule has 0 saturated heterocycles. The maximum atomic E-state index is 5.61. The molecule has 20 heavy (non-hydrogen) atoms. The molecule has 4 rings (SSSR count). The minimum absolute atomic E-state index is 0.743. The lowest BCUT2D eigenvalue weighted by atomic mass is 10.1. The van der Waals surface area contributed by atoms with Crippen molar-refractivity contribution in [1.29, 1.82) is 0 Å². The van der Waals surface area contributed by atoms with Gasteiger partial charge < -0.3 is 5.43 Å². The van der Waals surface area contributed by atoms with Gasteiger partial charge in [-0.15, -0.1) is 0 Å². The van der Waals surface area contributed by atoms with Gasteiger partial charge in [0, 0.05) is 22.6 Å². The number of nitrogen functional groups attached to an aromatic ring is 1. The molecule has 1 fully saturated rings. The lowest BCUT2D eigenvalue weighted by Gasteiger charge is -2.09. The first-order chi connectivity index (χ1) is 9.85. The highest BCUT2D eigenvalue weighted by molar-refractivity contribution is 7.98. The van der Waals surface area contributed by atoms with Gasteiger partial charge in [-0.1, -0.05) is 18.2 Å². The van der Waals surface area contributed by atoms with Crippen molar-refractivity contribution in [3.05, 3.63) is 41.1 Å². The summed E-state index contributed by atoms with van der Waals surface area (Å²) in [4.78, 5) is 9.32. The van der Waals surface area contributed by atoms with Crippen molar-refractivity contribution in [2.45, 2.75) is 30.3 Å². The molecule has 1 aliphatic heterocycles. The third-order valence-corrected chi connectivity index (χ3v) is 4.88. The largest absolute Gasteiger partial charge is 0.308 e. The molecule has 1 aliphatic carbocycles. The summed E-state index contributed by atoms with van der Waals surface area (Å²) in [6, 6.07) is 8.61. The Morgan fingerprint density at radius 2 is 2.10 bits per heavy atom. The van der Waals surface area contributed by atoms with Crippen LogP contribution in [-0.4, -0.2) is 9.97 Å². The molecule has 0 amide bonds. The number of nitrogens with one attached hydrogen (secondary N) is 1. The van der Waals surface area contributed by atoms with E-state index in [0.29, 0.717) is 0 Å². The van der Waals surface area contributed by atoms with Crippen molar-refractivity contribution in [3.8, 4) is 11.4 Å². The molecule has 0 radical (unpaired) electrons. The summed E-state index contributed by atoms with van der Waals surface area (Å²) in [6.07, 6.45) is 2.61. The van der Waals surface area contributed by atoms with Crippen molar-refractivity contribution < 1.29 is 0 Å². The number of hydrogen-bond acceptors (Lipinski definition) is 5. The molecule has 2 aromatic rings. The monoisotopic (exact) mass is 284 g/mol. The van der Waals surface area contributed by atoms with Gasteiger partial charge in [0.2, 0.25) is 0 Å². The molecule has 2 aliphatic rings. The van der Waals surface area contributed by atoms with Crippen molar-refractivity contribution in [3.63, 3.8) is 0 Å². The van der Waals surface area contributed by atoms with Crippen LogP contribution < -0.4 is 11.3 Å². The van der Waals surface area contributed by atoms with Crippen molar-refractivity contribution in [2.75, 3.05) is 5.43 Å². The Labute approximate surface area is 122 Å². The standard InChI is InChI=1S/C15H16N4S/c16-19-15-12-7-20-8-13(12)17-14(18-15)11-3-1-2-10(6-11)9-4-5-9/h1-3,6,9H,4-5,7-8,16H2,(H,17,18,19). The van der Waals surface area contributed by atoms with Gasteiger partial charge in [-0.2, -0.15) is 11.8 Å². The second-order valence-corrected chi connectivity index (χ2v) is 6.34. The molecular formula is C15H16N4S. The summed E-state index contributed by atoms with van der Waals surface area (Å²) in [5.74, 6) is 9.79. The van der Waals surface area contributed by atoms with Gasteiger partial charge in [-0.05, 0) is 30.4 Å². The summed E-state index contributed by atoms with van der Waals surface area (Å²) in [6.45, 7) is 0. The topological polar surface area (TPSA) is 63.8 Å². The SMILES string of the molecule is NNc1nc(-c2cccc(C3CC3)c2)nc2c1CSC2. The molecule has 4 nitrogen and oxygen atoms in total.